The summed E-state index contributed by atoms with van der Waals surface area (Å²) >= 11 is 0. The first-order valence-corrected chi connectivity index (χ1v) is 7.58. The average molecular weight is 309 g/mol. The third-order valence-electron chi connectivity index (χ3n) is 4.48. The van der Waals surface area contributed by atoms with Crippen molar-refractivity contribution in [3.8, 4) is 0 Å². The van der Waals surface area contributed by atoms with Crippen LogP contribution in [0.3, 0.4) is 0 Å². The maximum Gasteiger partial charge on any atom is 0.305 e. The van der Waals surface area contributed by atoms with E-state index in [1.807, 2.05) is 39.4 Å². The summed E-state index contributed by atoms with van der Waals surface area (Å²) in [6.07, 6.45) is 0.856. The summed E-state index contributed by atoms with van der Waals surface area (Å²) in [5, 5.41) is 16.3. The maximum atomic E-state index is 12.2. The molecule has 124 valence electrons. The fraction of sp³-hybridized carbons (Fsp3) is 0.688. The minimum Gasteiger partial charge on any atom is -0.481 e. The van der Waals surface area contributed by atoms with Crippen LogP contribution in [0.15, 0.2) is 0 Å². The number of nitrogens with one attached hydrogen (secondary N) is 1. The average Bonchev–Trinajstić information content (AvgIpc) is 2.60. The Morgan fingerprint density at radius 1 is 1.36 bits per heavy atom. The smallest absolute Gasteiger partial charge is 0.305 e. The number of nitrogens with zero attached hydrogens (tertiary/aromatic N) is 2. The lowest BCUT2D eigenvalue weighted by atomic mass is 9.85. The van der Waals surface area contributed by atoms with Gasteiger partial charge in [-0.1, -0.05) is 13.8 Å². The molecular weight excluding hydrogens is 282 g/mol. The number of amides is 1. The summed E-state index contributed by atoms with van der Waals surface area (Å²) in [5.41, 5.74) is 2.34. The molecule has 22 heavy (non-hydrogen) atoms. The van der Waals surface area contributed by atoms with Crippen LogP contribution in [0.25, 0.3) is 0 Å². The van der Waals surface area contributed by atoms with Crippen LogP contribution in [-0.4, -0.2) is 32.3 Å². The van der Waals surface area contributed by atoms with E-state index in [0.29, 0.717) is 12.8 Å². The number of hydrogen-bond acceptors (Lipinski definition) is 3. The van der Waals surface area contributed by atoms with Crippen LogP contribution in [0.1, 0.15) is 50.6 Å². The van der Waals surface area contributed by atoms with Crippen molar-refractivity contribution in [3.63, 3.8) is 0 Å². The van der Waals surface area contributed by atoms with Gasteiger partial charge in [0.25, 0.3) is 0 Å². The lowest BCUT2D eigenvalue weighted by Crippen LogP contribution is -2.51. The van der Waals surface area contributed by atoms with Crippen LogP contribution < -0.4 is 5.32 Å². The molecule has 0 spiro atoms. The second kappa shape index (κ2) is 6.94. The highest BCUT2D eigenvalue weighted by Gasteiger charge is 2.32. The molecule has 0 saturated carbocycles. The molecular formula is C16H27N3O3. The summed E-state index contributed by atoms with van der Waals surface area (Å²) in [6.45, 7) is 9.53. The fourth-order valence-electron chi connectivity index (χ4n) is 2.51. The Hall–Kier alpha value is -1.85. The van der Waals surface area contributed by atoms with E-state index in [1.165, 1.54) is 0 Å². The standard InChI is InChI=1S/C16H27N3O3/c1-10(2)16(5,9-15(21)22)17-14(20)8-7-13-11(3)18-19(6)12(13)4/h10H,7-9H2,1-6H3,(H,17,20)(H,21,22). The van der Waals surface area contributed by atoms with Gasteiger partial charge in [-0.15, -0.1) is 0 Å². The van der Waals surface area contributed by atoms with Crippen molar-refractivity contribution in [3.05, 3.63) is 17.0 Å². The van der Waals surface area contributed by atoms with Gasteiger partial charge in [0.2, 0.25) is 5.91 Å². The molecule has 0 bridgehead atoms. The Balaban J connectivity index is 2.70. The summed E-state index contributed by atoms with van der Waals surface area (Å²) in [4.78, 5) is 23.2. The van der Waals surface area contributed by atoms with Crippen molar-refractivity contribution in [2.45, 2.75) is 59.4 Å². The lowest BCUT2D eigenvalue weighted by Gasteiger charge is -2.33. The molecule has 0 fully saturated rings. The van der Waals surface area contributed by atoms with E-state index in [2.05, 4.69) is 10.4 Å². The number of aromatic nitrogens is 2. The van der Waals surface area contributed by atoms with E-state index >= 15 is 0 Å². The van der Waals surface area contributed by atoms with Gasteiger partial charge in [-0.25, -0.2) is 0 Å². The molecule has 0 aromatic carbocycles. The number of aryl methyl sites for hydroxylation is 2. The Labute approximate surface area is 131 Å². The second-order valence-corrected chi connectivity index (χ2v) is 6.46. The van der Waals surface area contributed by atoms with Crippen molar-refractivity contribution >= 4 is 11.9 Å². The molecule has 1 heterocycles. The van der Waals surface area contributed by atoms with Gasteiger partial charge in [-0.2, -0.15) is 5.10 Å². The van der Waals surface area contributed by atoms with Gasteiger partial charge in [0.1, 0.15) is 0 Å². The Bertz CT molecular complexity index is 563. The molecule has 1 atom stereocenters. The SMILES string of the molecule is Cc1nn(C)c(C)c1CCC(=O)NC(C)(CC(=O)O)C(C)C. The second-order valence-electron chi connectivity index (χ2n) is 6.46. The molecule has 1 amide bonds. The molecule has 0 aliphatic rings. The highest BCUT2D eigenvalue weighted by atomic mass is 16.4. The minimum absolute atomic E-state index is 0.0365. The molecule has 1 unspecified atom stereocenters. The van der Waals surface area contributed by atoms with Crippen molar-refractivity contribution in [2.75, 3.05) is 0 Å². The number of carbonyl (C=O) groups is 2. The van der Waals surface area contributed by atoms with Crippen LogP contribution >= 0.6 is 0 Å². The Morgan fingerprint density at radius 3 is 2.36 bits per heavy atom. The van der Waals surface area contributed by atoms with E-state index in [-0.39, 0.29) is 18.2 Å². The first-order valence-electron chi connectivity index (χ1n) is 7.58. The predicted octanol–water partition coefficient (Wildman–Crippen LogP) is 1.98. The molecule has 1 aromatic rings. The summed E-state index contributed by atoms with van der Waals surface area (Å²) in [5.74, 6) is -0.995. The van der Waals surface area contributed by atoms with Crippen molar-refractivity contribution < 1.29 is 14.7 Å². The summed E-state index contributed by atoms with van der Waals surface area (Å²) < 4.78 is 1.81. The zero-order chi connectivity index (χ0) is 17.1. The fourth-order valence-corrected chi connectivity index (χ4v) is 2.51. The molecule has 0 radical (unpaired) electrons. The molecule has 1 rings (SSSR count). The van der Waals surface area contributed by atoms with Crippen LogP contribution in [-0.2, 0) is 23.1 Å². The highest BCUT2D eigenvalue weighted by Crippen LogP contribution is 2.21. The van der Waals surface area contributed by atoms with Gasteiger partial charge < -0.3 is 10.4 Å². The molecule has 2 N–H and O–H groups in total. The highest BCUT2D eigenvalue weighted by molar-refractivity contribution is 5.78. The largest absolute Gasteiger partial charge is 0.481 e. The number of carbonyl (C=O) groups excluding carboxylic acids is 1. The monoisotopic (exact) mass is 309 g/mol. The predicted molar refractivity (Wildman–Crippen MR) is 84.6 cm³/mol. The molecule has 0 saturated heterocycles. The van der Waals surface area contributed by atoms with Gasteiger partial charge in [0, 0.05) is 24.7 Å². The van der Waals surface area contributed by atoms with E-state index < -0.39 is 11.5 Å². The van der Waals surface area contributed by atoms with Gasteiger partial charge in [0.05, 0.1) is 12.1 Å². The topological polar surface area (TPSA) is 84.2 Å². The van der Waals surface area contributed by atoms with E-state index in [1.54, 1.807) is 6.92 Å². The van der Waals surface area contributed by atoms with Crippen LogP contribution in [0, 0.1) is 19.8 Å². The normalized spacial score (nSPS) is 14.0. The molecule has 6 heteroatoms. The minimum atomic E-state index is -0.907. The number of carboxylic acid groups (broad SMARTS) is 1. The first kappa shape index (κ1) is 18.2. The molecule has 6 nitrogen and oxygen atoms in total. The molecule has 0 aliphatic heterocycles. The van der Waals surface area contributed by atoms with Gasteiger partial charge in [-0.05, 0) is 38.7 Å². The lowest BCUT2D eigenvalue weighted by molar-refractivity contribution is -0.139. The van der Waals surface area contributed by atoms with Crippen molar-refractivity contribution in [1.82, 2.24) is 15.1 Å². The summed E-state index contributed by atoms with van der Waals surface area (Å²) in [6, 6.07) is 0. The zero-order valence-electron chi connectivity index (χ0n) is 14.4. The summed E-state index contributed by atoms with van der Waals surface area (Å²) in [7, 11) is 1.88. The molecule has 1 aromatic heterocycles. The quantitative estimate of drug-likeness (QED) is 0.806. The van der Waals surface area contributed by atoms with Gasteiger partial charge in [-0.3, -0.25) is 14.3 Å². The third-order valence-corrected chi connectivity index (χ3v) is 4.48. The maximum absolute atomic E-state index is 12.2. The Kier molecular flexibility index (Phi) is 5.74. The van der Waals surface area contributed by atoms with Crippen molar-refractivity contribution in [1.29, 1.82) is 0 Å². The van der Waals surface area contributed by atoms with E-state index in [4.69, 9.17) is 5.11 Å². The Morgan fingerprint density at radius 2 is 1.95 bits per heavy atom. The van der Waals surface area contributed by atoms with Crippen molar-refractivity contribution in [2.24, 2.45) is 13.0 Å². The zero-order valence-corrected chi connectivity index (χ0v) is 14.4. The number of carboxylic acids is 1. The van der Waals surface area contributed by atoms with E-state index in [9.17, 15) is 9.59 Å². The number of aliphatic carboxylic acids is 1. The van der Waals surface area contributed by atoms with Gasteiger partial charge in [0.15, 0.2) is 0 Å². The van der Waals surface area contributed by atoms with Crippen LogP contribution in [0.4, 0.5) is 0 Å². The number of hydrogen-bond donors (Lipinski definition) is 2. The van der Waals surface area contributed by atoms with Crippen LogP contribution in [0.5, 0.6) is 0 Å². The first-order chi connectivity index (χ1) is 10.1. The molecule has 0 aliphatic carbocycles. The number of rotatable bonds is 7. The van der Waals surface area contributed by atoms with E-state index in [0.717, 1.165) is 17.0 Å². The van der Waals surface area contributed by atoms with Crippen LogP contribution in [0.2, 0.25) is 0 Å². The third kappa shape index (κ3) is 4.32. The van der Waals surface area contributed by atoms with Gasteiger partial charge >= 0.3 is 5.97 Å².